The number of methoxy groups -OCH3 is 2. The van der Waals surface area contributed by atoms with E-state index in [9.17, 15) is 4.79 Å². The number of benzene rings is 1. The summed E-state index contributed by atoms with van der Waals surface area (Å²) in [5.41, 5.74) is 1.27. The lowest BCUT2D eigenvalue weighted by Crippen LogP contribution is -2.59. The molecule has 2 unspecified atom stereocenters. The molecule has 0 bridgehead atoms. The Bertz CT molecular complexity index is 748. The zero-order valence-electron chi connectivity index (χ0n) is 19.4. The highest BCUT2D eigenvalue weighted by molar-refractivity contribution is 5.77. The van der Waals surface area contributed by atoms with Gasteiger partial charge in [0.2, 0.25) is 5.91 Å². The van der Waals surface area contributed by atoms with Crippen LogP contribution in [0.2, 0.25) is 0 Å². The van der Waals surface area contributed by atoms with E-state index < -0.39 is 0 Å². The number of piperazine rings is 1. The normalized spacial score (nSPS) is 29.0. The van der Waals surface area contributed by atoms with Crippen LogP contribution in [0.5, 0.6) is 11.5 Å². The summed E-state index contributed by atoms with van der Waals surface area (Å²) in [7, 11) is 3.36. The highest BCUT2D eigenvalue weighted by Gasteiger charge is 2.51. The van der Waals surface area contributed by atoms with Crippen LogP contribution in [-0.2, 0) is 4.79 Å². The van der Waals surface area contributed by atoms with Crippen LogP contribution in [0.1, 0.15) is 50.5 Å². The second kappa shape index (κ2) is 10.2. The average Bonchev–Trinajstić information content (AvgIpc) is 2.81. The maximum atomic E-state index is 12.9. The Balaban J connectivity index is 1.38. The Hall–Kier alpha value is -1.79. The molecule has 3 aliphatic rings. The number of nitrogens with zero attached hydrogens (tertiary/aromatic N) is 2. The van der Waals surface area contributed by atoms with Gasteiger partial charge in [-0.1, -0.05) is 25.8 Å². The third-order valence-electron chi connectivity index (χ3n) is 7.87. The molecular weight excluding hydrogens is 390 g/mol. The minimum atomic E-state index is 0.206. The van der Waals surface area contributed by atoms with Crippen molar-refractivity contribution in [2.24, 2.45) is 11.8 Å². The second-order valence-electron chi connectivity index (χ2n) is 9.37. The minimum absolute atomic E-state index is 0.206. The molecule has 2 saturated carbocycles. The van der Waals surface area contributed by atoms with Gasteiger partial charge >= 0.3 is 0 Å². The van der Waals surface area contributed by atoms with Gasteiger partial charge in [0.1, 0.15) is 0 Å². The van der Waals surface area contributed by atoms with Crippen LogP contribution in [0, 0.1) is 11.8 Å². The van der Waals surface area contributed by atoms with E-state index >= 15 is 0 Å². The fourth-order valence-corrected chi connectivity index (χ4v) is 6.03. The first-order valence-corrected chi connectivity index (χ1v) is 12.1. The van der Waals surface area contributed by atoms with Crippen LogP contribution in [0.25, 0.3) is 0 Å². The molecule has 1 amide bonds. The molecule has 2 aliphatic carbocycles. The van der Waals surface area contributed by atoms with Crippen LogP contribution < -0.4 is 14.8 Å². The molecule has 6 heteroatoms. The lowest BCUT2D eigenvalue weighted by atomic mass is 9.53. The smallest absolute Gasteiger partial charge is 0.221 e. The minimum Gasteiger partial charge on any atom is -0.493 e. The molecule has 1 N–H and O–H groups in total. The molecule has 0 radical (unpaired) electrons. The van der Waals surface area contributed by atoms with Gasteiger partial charge in [-0.05, 0) is 48.9 Å². The van der Waals surface area contributed by atoms with Crippen LogP contribution in [-0.4, -0.2) is 75.2 Å². The van der Waals surface area contributed by atoms with Crippen molar-refractivity contribution >= 4 is 5.91 Å². The molecule has 1 heterocycles. The SMILES string of the molecule is CCN1CCN(CCC(=O)N[C@H]2C3CCCCC3[C@@H]2c2ccc(OC)c(OC)c2)CC1. The van der Waals surface area contributed by atoms with Crippen molar-refractivity contribution < 1.29 is 14.3 Å². The molecule has 3 fully saturated rings. The molecule has 0 aromatic heterocycles. The maximum absolute atomic E-state index is 12.9. The van der Waals surface area contributed by atoms with Crippen molar-refractivity contribution in [2.75, 3.05) is 53.5 Å². The molecule has 172 valence electrons. The molecule has 0 spiro atoms. The van der Waals surface area contributed by atoms with Crippen molar-refractivity contribution in [3.05, 3.63) is 23.8 Å². The van der Waals surface area contributed by atoms with E-state index in [1.54, 1.807) is 14.2 Å². The summed E-state index contributed by atoms with van der Waals surface area (Å²) in [4.78, 5) is 17.8. The van der Waals surface area contributed by atoms with Crippen LogP contribution in [0.4, 0.5) is 0 Å². The van der Waals surface area contributed by atoms with Gasteiger partial charge in [-0.3, -0.25) is 4.79 Å². The molecule has 1 aromatic rings. The summed E-state index contributed by atoms with van der Waals surface area (Å²) in [6, 6.07) is 6.51. The number of ether oxygens (including phenoxy) is 2. The number of hydrogen-bond donors (Lipinski definition) is 1. The van der Waals surface area contributed by atoms with Gasteiger partial charge in [-0.15, -0.1) is 0 Å². The monoisotopic (exact) mass is 429 g/mol. The summed E-state index contributed by atoms with van der Waals surface area (Å²) in [6.45, 7) is 8.58. The second-order valence-corrected chi connectivity index (χ2v) is 9.37. The molecule has 4 atom stereocenters. The fraction of sp³-hybridized carbons (Fsp3) is 0.720. The molecule has 4 rings (SSSR count). The number of carbonyl (C=O) groups excluding carboxylic acids is 1. The number of likely N-dealkylation sites (N-methyl/N-ethyl adjacent to an activating group) is 1. The standard InChI is InChI=1S/C25H39N3O3/c1-4-27-13-15-28(16-14-27)12-11-23(29)26-25-20-8-6-5-7-19(20)24(25)18-9-10-21(30-2)22(17-18)31-3/h9-10,17,19-20,24-25H,4-8,11-16H2,1-3H3,(H,26,29)/t19?,20?,24-,25-/m0/s1. The van der Waals surface area contributed by atoms with Gasteiger partial charge in [-0.2, -0.15) is 0 Å². The van der Waals surface area contributed by atoms with E-state index in [1.807, 2.05) is 6.07 Å². The van der Waals surface area contributed by atoms with Gasteiger partial charge < -0.3 is 24.6 Å². The van der Waals surface area contributed by atoms with Crippen molar-refractivity contribution in [3.8, 4) is 11.5 Å². The Labute approximate surface area is 187 Å². The fourth-order valence-electron chi connectivity index (χ4n) is 6.03. The highest BCUT2D eigenvalue weighted by atomic mass is 16.5. The zero-order valence-corrected chi connectivity index (χ0v) is 19.4. The van der Waals surface area contributed by atoms with Crippen LogP contribution in [0.3, 0.4) is 0 Å². The predicted molar refractivity (Wildman–Crippen MR) is 123 cm³/mol. The molecule has 6 nitrogen and oxygen atoms in total. The lowest BCUT2D eigenvalue weighted by molar-refractivity contribution is -0.125. The first kappa shape index (κ1) is 22.4. The molecule has 1 aliphatic heterocycles. The summed E-state index contributed by atoms with van der Waals surface area (Å²) < 4.78 is 11.0. The number of rotatable bonds is 8. The first-order chi connectivity index (χ1) is 15.1. The van der Waals surface area contributed by atoms with E-state index in [-0.39, 0.29) is 11.9 Å². The van der Waals surface area contributed by atoms with E-state index in [0.717, 1.165) is 50.8 Å². The molecule has 31 heavy (non-hydrogen) atoms. The van der Waals surface area contributed by atoms with Gasteiger partial charge in [-0.25, -0.2) is 0 Å². The third kappa shape index (κ3) is 4.85. The highest BCUT2D eigenvalue weighted by Crippen LogP contribution is 2.55. The quantitative estimate of drug-likeness (QED) is 0.688. The summed E-state index contributed by atoms with van der Waals surface area (Å²) in [5, 5.41) is 3.44. The number of carbonyl (C=O) groups is 1. The predicted octanol–water partition coefficient (Wildman–Crippen LogP) is 3.12. The Kier molecular flexibility index (Phi) is 7.39. The van der Waals surface area contributed by atoms with Crippen LogP contribution >= 0.6 is 0 Å². The van der Waals surface area contributed by atoms with E-state index in [1.165, 1.54) is 31.2 Å². The van der Waals surface area contributed by atoms with E-state index in [2.05, 4.69) is 34.2 Å². The van der Waals surface area contributed by atoms with Crippen molar-refractivity contribution in [1.82, 2.24) is 15.1 Å². The lowest BCUT2D eigenvalue weighted by Gasteiger charge is -2.55. The summed E-state index contributed by atoms with van der Waals surface area (Å²) in [5.74, 6) is 3.40. The van der Waals surface area contributed by atoms with Gasteiger partial charge in [0.15, 0.2) is 11.5 Å². The van der Waals surface area contributed by atoms with E-state index in [0.29, 0.717) is 24.2 Å². The number of nitrogens with one attached hydrogen (secondary N) is 1. The van der Waals surface area contributed by atoms with Crippen molar-refractivity contribution in [2.45, 2.75) is 51.0 Å². The Morgan fingerprint density at radius 3 is 2.35 bits per heavy atom. The zero-order chi connectivity index (χ0) is 21.8. The van der Waals surface area contributed by atoms with E-state index in [4.69, 9.17) is 9.47 Å². The van der Waals surface area contributed by atoms with Gasteiger partial charge in [0.05, 0.1) is 14.2 Å². The number of amides is 1. The summed E-state index contributed by atoms with van der Waals surface area (Å²) in [6.07, 6.45) is 5.68. The third-order valence-corrected chi connectivity index (χ3v) is 7.87. The summed E-state index contributed by atoms with van der Waals surface area (Å²) >= 11 is 0. The van der Waals surface area contributed by atoms with Gasteiger partial charge in [0, 0.05) is 51.1 Å². The average molecular weight is 430 g/mol. The Morgan fingerprint density at radius 1 is 1.00 bits per heavy atom. The Morgan fingerprint density at radius 2 is 1.68 bits per heavy atom. The molecule has 1 saturated heterocycles. The van der Waals surface area contributed by atoms with Crippen LogP contribution in [0.15, 0.2) is 18.2 Å². The van der Waals surface area contributed by atoms with Gasteiger partial charge in [0.25, 0.3) is 0 Å². The molecular formula is C25H39N3O3. The number of fused-ring (bicyclic) bond motifs is 1. The number of hydrogen-bond acceptors (Lipinski definition) is 5. The maximum Gasteiger partial charge on any atom is 0.221 e. The largest absolute Gasteiger partial charge is 0.493 e. The molecule has 1 aromatic carbocycles. The topological polar surface area (TPSA) is 54.0 Å². The van der Waals surface area contributed by atoms with Crippen molar-refractivity contribution in [3.63, 3.8) is 0 Å². The van der Waals surface area contributed by atoms with Crippen molar-refractivity contribution in [1.29, 1.82) is 0 Å². The first-order valence-electron chi connectivity index (χ1n) is 12.1.